The van der Waals surface area contributed by atoms with Gasteiger partial charge in [0.05, 0.1) is 18.9 Å². The zero-order valence-electron chi connectivity index (χ0n) is 9.69. The molecule has 1 aromatic heterocycles. The molecule has 16 heavy (non-hydrogen) atoms. The van der Waals surface area contributed by atoms with Crippen LogP contribution in [-0.2, 0) is 4.74 Å². The third-order valence-electron chi connectivity index (χ3n) is 2.72. The van der Waals surface area contributed by atoms with Crippen LogP contribution in [0.15, 0.2) is 34.9 Å². The maximum absolute atomic E-state index is 5.52. The van der Waals surface area contributed by atoms with Crippen LogP contribution >= 0.6 is 0 Å². The number of hydrogen-bond donors (Lipinski definition) is 1. The Balaban J connectivity index is 2.30. The summed E-state index contributed by atoms with van der Waals surface area (Å²) in [5.74, 6) is 0. The van der Waals surface area contributed by atoms with Gasteiger partial charge >= 0.3 is 0 Å². The average molecular weight is 219 g/mol. The molecule has 2 aromatic rings. The first-order valence-electron chi connectivity index (χ1n) is 5.58. The second kappa shape index (κ2) is 5.14. The van der Waals surface area contributed by atoms with Crippen molar-refractivity contribution in [3.63, 3.8) is 0 Å². The maximum Gasteiger partial charge on any atom is 0.134 e. The van der Waals surface area contributed by atoms with Crippen LogP contribution in [0.25, 0.3) is 11.0 Å². The van der Waals surface area contributed by atoms with Gasteiger partial charge in [0.1, 0.15) is 5.58 Å². The Morgan fingerprint density at radius 3 is 2.94 bits per heavy atom. The van der Waals surface area contributed by atoms with Crippen molar-refractivity contribution in [1.29, 1.82) is 0 Å². The molecule has 1 unspecified atom stereocenters. The van der Waals surface area contributed by atoms with Crippen molar-refractivity contribution in [3.05, 3.63) is 36.1 Å². The van der Waals surface area contributed by atoms with E-state index in [1.807, 2.05) is 38.4 Å². The van der Waals surface area contributed by atoms with Crippen LogP contribution in [-0.4, -0.2) is 20.3 Å². The first kappa shape index (κ1) is 11.2. The average Bonchev–Trinajstić information content (AvgIpc) is 2.75. The molecule has 0 amide bonds. The molecule has 0 saturated carbocycles. The Bertz CT molecular complexity index is 450. The molecule has 0 aliphatic rings. The SMILES string of the molecule is CCOCC(NC)c1coc2ccccc12. The van der Waals surface area contributed by atoms with Crippen molar-refractivity contribution in [2.24, 2.45) is 0 Å². The summed E-state index contributed by atoms with van der Waals surface area (Å²) in [6, 6.07) is 8.24. The molecule has 0 radical (unpaired) electrons. The number of likely N-dealkylation sites (N-methyl/N-ethyl adjacent to an activating group) is 1. The number of nitrogens with one attached hydrogen (secondary N) is 1. The quantitative estimate of drug-likeness (QED) is 0.839. The van der Waals surface area contributed by atoms with Gasteiger partial charge in [-0.25, -0.2) is 0 Å². The lowest BCUT2D eigenvalue weighted by atomic mass is 10.1. The Hall–Kier alpha value is -1.32. The highest BCUT2D eigenvalue weighted by Crippen LogP contribution is 2.26. The molecule has 0 saturated heterocycles. The van der Waals surface area contributed by atoms with Gasteiger partial charge in [0.2, 0.25) is 0 Å². The Labute approximate surface area is 95.4 Å². The topological polar surface area (TPSA) is 34.4 Å². The van der Waals surface area contributed by atoms with Gasteiger partial charge in [-0.3, -0.25) is 0 Å². The third kappa shape index (κ3) is 2.10. The zero-order chi connectivity index (χ0) is 11.4. The van der Waals surface area contributed by atoms with Crippen molar-refractivity contribution < 1.29 is 9.15 Å². The molecule has 86 valence electrons. The van der Waals surface area contributed by atoms with Crippen LogP contribution in [0.2, 0.25) is 0 Å². The number of benzene rings is 1. The molecule has 0 bridgehead atoms. The van der Waals surface area contributed by atoms with E-state index in [0.717, 1.165) is 23.1 Å². The van der Waals surface area contributed by atoms with Crippen LogP contribution in [0.5, 0.6) is 0 Å². The van der Waals surface area contributed by atoms with Gasteiger partial charge in [-0.2, -0.15) is 0 Å². The summed E-state index contributed by atoms with van der Waals surface area (Å²) in [6.07, 6.45) is 1.81. The number of furan rings is 1. The normalized spacial score (nSPS) is 13.1. The molecule has 0 spiro atoms. The smallest absolute Gasteiger partial charge is 0.134 e. The molecule has 0 aliphatic carbocycles. The standard InChI is InChI=1S/C13H17NO2/c1-3-15-9-12(14-2)11-8-16-13-7-5-4-6-10(11)13/h4-8,12,14H,3,9H2,1-2H3. The van der Waals surface area contributed by atoms with E-state index < -0.39 is 0 Å². The van der Waals surface area contributed by atoms with Gasteiger partial charge < -0.3 is 14.5 Å². The fraction of sp³-hybridized carbons (Fsp3) is 0.385. The van der Waals surface area contributed by atoms with Crippen LogP contribution in [0.3, 0.4) is 0 Å². The molecule has 3 heteroatoms. The lowest BCUT2D eigenvalue weighted by molar-refractivity contribution is 0.125. The monoisotopic (exact) mass is 219 g/mol. The number of para-hydroxylation sites is 1. The van der Waals surface area contributed by atoms with Crippen LogP contribution in [0.4, 0.5) is 0 Å². The van der Waals surface area contributed by atoms with Crippen molar-refractivity contribution in [2.45, 2.75) is 13.0 Å². The van der Waals surface area contributed by atoms with Gasteiger partial charge in [-0.05, 0) is 20.0 Å². The largest absolute Gasteiger partial charge is 0.464 e. The summed E-state index contributed by atoms with van der Waals surface area (Å²) in [6.45, 7) is 3.39. The van der Waals surface area contributed by atoms with E-state index in [1.165, 1.54) is 0 Å². The third-order valence-corrected chi connectivity index (χ3v) is 2.72. The number of rotatable bonds is 5. The van der Waals surface area contributed by atoms with E-state index in [0.29, 0.717) is 6.61 Å². The van der Waals surface area contributed by atoms with Crippen LogP contribution in [0, 0.1) is 0 Å². The lowest BCUT2D eigenvalue weighted by Gasteiger charge is -2.14. The number of fused-ring (bicyclic) bond motifs is 1. The highest BCUT2D eigenvalue weighted by molar-refractivity contribution is 5.81. The fourth-order valence-corrected chi connectivity index (χ4v) is 1.83. The summed E-state index contributed by atoms with van der Waals surface area (Å²) < 4.78 is 11.0. The molecule has 1 atom stereocenters. The predicted molar refractivity (Wildman–Crippen MR) is 64.5 cm³/mol. The molecular weight excluding hydrogens is 202 g/mol. The van der Waals surface area contributed by atoms with Crippen molar-refractivity contribution in [1.82, 2.24) is 5.32 Å². The molecule has 2 rings (SSSR count). The molecule has 1 heterocycles. The van der Waals surface area contributed by atoms with Gasteiger partial charge in [0.15, 0.2) is 0 Å². The zero-order valence-corrected chi connectivity index (χ0v) is 9.69. The summed E-state index contributed by atoms with van der Waals surface area (Å²) in [7, 11) is 1.94. The second-order valence-electron chi connectivity index (χ2n) is 3.69. The molecule has 3 nitrogen and oxygen atoms in total. The Kier molecular flexibility index (Phi) is 3.59. The predicted octanol–water partition coefficient (Wildman–Crippen LogP) is 2.73. The highest BCUT2D eigenvalue weighted by atomic mass is 16.5. The van der Waals surface area contributed by atoms with Gasteiger partial charge in [0.25, 0.3) is 0 Å². The van der Waals surface area contributed by atoms with Crippen molar-refractivity contribution >= 4 is 11.0 Å². The van der Waals surface area contributed by atoms with Crippen molar-refractivity contribution in [2.75, 3.05) is 20.3 Å². The molecule has 0 fully saturated rings. The minimum Gasteiger partial charge on any atom is -0.464 e. The Morgan fingerprint density at radius 2 is 2.19 bits per heavy atom. The first-order chi connectivity index (χ1) is 7.86. The van der Waals surface area contributed by atoms with Crippen LogP contribution < -0.4 is 5.32 Å². The molecule has 1 aromatic carbocycles. The first-order valence-corrected chi connectivity index (χ1v) is 5.58. The van der Waals surface area contributed by atoms with Gasteiger partial charge in [-0.1, -0.05) is 18.2 Å². The van der Waals surface area contributed by atoms with E-state index >= 15 is 0 Å². The summed E-state index contributed by atoms with van der Waals surface area (Å²) in [5.41, 5.74) is 2.08. The van der Waals surface area contributed by atoms with E-state index in [9.17, 15) is 0 Å². The summed E-state index contributed by atoms with van der Waals surface area (Å²) >= 11 is 0. The summed E-state index contributed by atoms with van der Waals surface area (Å²) in [4.78, 5) is 0. The van der Waals surface area contributed by atoms with Crippen molar-refractivity contribution in [3.8, 4) is 0 Å². The fourth-order valence-electron chi connectivity index (χ4n) is 1.83. The number of ether oxygens (including phenoxy) is 1. The van der Waals surface area contributed by atoms with Crippen LogP contribution in [0.1, 0.15) is 18.5 Å². The minimum atomic E-state index is 0.184. The van der Waals surface area contributed by atoms with Gasteiger partial charge in [-0.15, -0.1) is 0 Å². The minimum absolute atomic E-state index is 0.184. The van der Waals surface area contributed by atoms with Gasteiger partial charge in [0, 0.05) is 17.6 Å². The molecular formula is C13H17NO2. The lowest BCUT2D eigenvalue weighted by Crippen LogP contribution is -2.21. The van der Waals surface area contributed by atoms with E-state index in [-0.39, 0.29) is 6.04 Å². The highest BCUT2D eigenvalue weighted by Gasteiger charge is 2.14. The molecule has 1 N–H and O–H groups in total. The van der Waals surface area contributed by atoms with E-state index in [1.54, 1.807) is 0 Å². The second-order valence-corrected chi connectivity index (χ2v) is 3.69. The Morgan fingerprint density at radius 1 is 1.38 bits per heavy atom. The number of hydrogen-bond acceptors (Lipinski definition) is 3. The molecule has 0 aliphatic heterocycles. The maximum atomic E-state index is 5.52. The summed E-state index contributed by atoms with van der Waals surface area (Å²) in [5, 5.41) is 4.40. The van der Waals surface area contributed by atoms with E-state index in [4.69, 9.17) is 9.15 Å². The van der Waals surface area contributed by atoms with E-state index in [2.05, 4.69) is 11.4 Å².